The zero-order valence-electron chi connectivity index (χ0n) is 13.4. The molecule has 1 aromatic rings. The van der Waals surface area contributed by atoms with Crippen LogP contribution in [0.4, 0.5) is 8.78 Å². The van der Waals surface area contributed by atoms with Crippen LogP contribution < -0.4 is 15.4 Å². The van der Waals surface area contributed by atoms with E-state index in [1.165, 1.54) is 12.1 Å². The molecule has 0 spiro atoms. The summed E-state index contributed by atoms with van der Waals surface area (Å²) in [5, 5.41) is 6.27. The molecular formula is C17H24F2N2O2. The zero-order valence-corrected chi connectivity index (χ0v) is 13.4. The highest BCUT2D eigenvalue weighted by Crippen LogP contribution is 2.20. The normalized spacial score (nSPS) is 17.0. The number of piperidine rings is 1. The average molecular weight is 326 g/mol. The van der Waals surface area contributed by atoms with Crippen molar-refractivity contribution >= 4 is 5.91 Å². The fourth-order valence-corrected chi connectivity index (χ4v) is 2.84. The molecule has 1 aromatic carbocycles. The van der Waals surface area contributed by atoms with Gasteiger partial charge in [-0.2, -0.15) is 8.78 Å². The molecule has 1 amide bonds. The highest BCUT2D eigenvalue weighted by atomic mass is 19.3. The molecule has 1 heterocycles. The Morgan fingerprint density at radius 3 is 2.57 bits per heavy atom. The van der Waals surface area contributed by atoms with E-state index in [1.54, 1.807) is 12.1 Å². The van der Waals surface area contributed by atoms with Crippen molar-refractivity contribution < 1.29 is 18.3 Å². The van der Waals surface area contributed by atoms with E-state index in [1.807, 2.05) is 6.92 Å². The highest BCUT2D eigenvalue weighted by molar-refractivity contribution is 5.76. The lowest BCUT2D eigenvalue weighted by Gasteiger charge is -2.22. The van der Waals surface area contributed by atoms with E-state index >= 15 is 0 Å². The minimum absolute atomic E-state index is 0.0314. The van der Waals surface area contributed by atoms with Gasteiger partial charge >= 0.3 is 6.61 Å². The van der Waals surface area contributed by atoms with Crippen molar-refractivity contribution in [2.45, 2.75) is 45.3 Å². The van der Waals surface area contributed by atoms with Crippen molar-refractivity contribution in [3.05, 3.63) is 29.8 Å². The first-order valence-electron chi connectivity index (χ1n) is 8.09. The van der Waals surface area contributed by atoms with Gasteiger partial charge in [0.05, 0.1) is 6.04 Å². The molecule has 0 radical (unpaired) electrons. The number of hydrogen-bond acceptors (Lipinski definition) is 3. The lowest BCUT2D eigenvalue weighted by Crippen LogP contribution is -2.30. The minimum Gasteiger partial charge on any atom is -0.435 e. The van der Waals surface area contributed by atoms with Gasteiger partial charge < -0.3 is 15.4 Å². The standard InChI is InChI=1S/C17H24F2N2O2/c1-12(14-3-5-15(6-4-14)23-17(18)19)21-16(22)7-2-13-8-10-20-11-9-13/h3-6,12-13,17,20H,2,7-11H2,1H3,(H,21,22). The van der Waals surface area contributed by atoms with Gasteiger partial charge in [0.25, 0.3) is 0 Å². The number of nitrogens with one attached hydrogen (secondary N) is 2. The summed E-state index contributed by atoms with van der Waals surface area (Å²) in [6, 6.07) is 6.19. The smallest absolute Gasteiger partial charge is 0.387 e. The number of amides is 1. The van der Waals surface area contributed by atoms with Crippen LogP contribution in [0.15, 0.2) is 24.3 Å². The third-order valence-electron chi connectivity index (χ3n) is 4.22. The molecule has 1 atom stereocenters. The Labute approximate surface area is 135 Å². The second-order valence-corrected chi connectivity index (χ2v) is 5.97. The molecule has 128 valence electrons. The van der Waals surface area contributed by atoms with Crippen molar-refractivity contribution in [2.75, 3.05) is 13.1 Å². The molecule has 2 rings (SSSR count). The highest BCUT2D eigenvalue weighted by Gasteiger charge is 2.16. The van der Waals surface area contributed by atoms with E-state index in [0.29, 0.717) is 12.3 Å². The summed E-state index contributed by atoms with van der Waals surface area (Å²) in [6.07, 6.45) is 3.71. The molecule has 23 heavy (non-hydrogen) atoms. The molecule has 0 aliphatic carbocycles. The molecule has 1 aliphatic rings. The molecule has 0 bridgehead atoms. The Hall–Kier alpha value is -1.69. The number of ether oxygens (including phenoxy) is 1. The van der Waals surface area contributed by atoms with Gasteiger partial charge in [0, 0.05) is 6.42 Å². The largest absolute Gasteiger partial charge is 0.435 e. The van der Waals surface area contributed by atoms with E-state index in [-0.39, 0.29) is 17.7 Å². The van der Waals surface area contributed by atoms with Gasteiger partial charge in [-0.15, -0.1) is 0 Å². The fraction of sp³-hybridized carbons (Fsp3) is 0.588. The lowest BCUT2D eigenvalue weighted by molar-refractivity contribution is -0.122. The van der Waals surface area contributed by atoms with Gasteiger partial charge in [-0.1, -0.05) is 12.1 Å². The van der Waals surface area contributed by atoms with Crippen LogP contribution in [0.1, 0.15) is 44.2 Å². The lowest BCUT2D eigenvalue weighted by atomic mass is 9.93. The van der Waals surface area contributed by atoms with Crippen LogP contribution in [0.5, 0.6) is 5.75 Å². The number of rotatable bonds is 7. The van der Waals surface area contributed by atoms with Crippen molar-refractivity contribution in [2.24, 2.45) is 5.92 Å². The van der Waals surface area contributed by atoms with Crippen molar-refractivity contribution in [3.63, 3.8) is 0 Å². The van der Waals surface area contributed by atoms with Crippen molar-refractivity contribution in [3.8, 4) is 5.75 Å². The molecule has 0 saturated carbocycles. The number of hydrogen-bond donors (Lipinski definition) is 2. The summed E-state index contributed by atoms with van der Waals surface area (Å²) in [4.78, 5) is 12.0. The van der Waals surface area contributed by atoms with Crippen molar-refractivity contribution in [1.29, 1.82) is 0 Å². The first kappa shape index (κ1) is 17.7. The average Bonchev–Trinajstić information content (AvgIpc) is 2.54. The molecule has 1 aliphatic heterocycles. The van der Waals surface area contributed by atoms with Gasteiger partial charge in [-0.05, 0) is 62.9 Å². The topological polar surface area (TPSA) is 50.4 Å². The number of carbonyl (C=O) groups excluding carboxylic acids is 1. The second kappa shape index (κ2) is 8.82. The maximum atomic E-state index is 12.1. The van der Waals surface area contributed by atoms with E-state index in [9.17, 15) is 13.6 Å². The summed E-state index contributed by atoms with van der Waals surface area (Å²) in [5.41, 5.74) is 0.863. The summed E-state index contributed by atoms with van der Waals surface area (Å²) in [5.74, 6) is 0.778. The molecule has 4 nitrogen and oxygen atoms in total. The molecule has 1 unspecified atom stereocenters. The van der Waals surface area contributed by atoms with Crippen LogP contribution in [0.2, 0.25) is 0 Å². The summed E-state index contributed by atoms with van der Waals surface area (Å²) in [7, 11) is 0. The third kappa shape index (κ3) is 6.14. The van der Waals surface area contributed by atoms with E-state index in [0.717, 1.165) is 37.9 Å². The number of alkyl halides is 2. The molecule has 0 aromatic heterocycles. The first-order valence-corrected chi connectivity index (χ1v) is 8.09. The van der Waals surface area contributed by atoms with Crippen LogP contribution in [0.3, 0.4) is 0 Å². The summed E-state index contributed by atoms with van der Waals surface area (Å²) < 4.78 is 28.5. The Bertz CT molecular complexity index is 488. The van der Waals surface area contributed by atoms with Gasteiger partial charge in [0.15, 0.2) is 0 Å². The summed E-state index contributed by atoms with van der Waals surface area (Å²) in [6.45, 7) is 1.13. The Morgan fingerprint density at radius 1 is 1.30 bits per heavy atom. The maximum Gasteiger partial charge on any atom is 0.387 e. The predicted molar refractivity (Wildman–Crippen MR) is 84.5 cm³/mol. The molecular weight excluding hydrogens is 302 g/mol. The van der Waals surface area contributed by atoms with Crippen LogP contribution >= 0.6 is 0 Å². The van der Waals surface area contributed by atoms with Gasteiger partial charge in [0.2, 0.25) is 5.91 Å². The molecule has 1 fully saturated rings. The fourth-order valence-electron chi connectivity index (χ4n) is 2.84. The van der Waals surface area contributed by atoms with E-state index in [4.69, 9.17) is 0 Å². The molecule has 1 saturated heterocycles. The SMILES string of the molecule is CC(NC(=O)CCC1CCNCC1)c1ccc(OC(F)F)cc1. The maximum absolute atomic E-state index is 12.1. The Kier molecular flexibility index (Phi) is 6.77. The van der Waals surface area contributed by atoms with Crippen LogP contribution in [-0.4, -0.2) is 25.6 Å². The number of benzene rings is 1. The van der Waals surface area contributed by atoms with Gasteiger partial charge in [-0.25, -0.2) is 0 Å². The quantitative estimate of drug-likeness (QED) is 0.809. The van der Waals surface area contributed by atoms with Crippen LogP contribution in [-0.2, 0) is 4.79 Å². The van der Waals surface area contributed by atoms with Gasteiger partial charge in [0.1, 0.15) is 5.75 Å². The van der Waals surface area contributed by atoms with Crippen LogP contribution in [0, 0.1) is 5.92 Å². The first-order chi connectivity index (χ1) is 11.0. The monoisotopic (exact) mass is 326 g/mol. The van der Waals surface area contributed by atoms with E-state index in [2.05, 4.69) is 15.4 Å². The third-order valence-corrected chi connectivity index (χ3v) is 4.22. The number of halogens is 2. The Morgan fingerprint density at radius 2 is 1.96 bits per heavy atom. The molecule has 6 heteroatoms. The van der Waals surface area contributed by atoms with Crippen molar-refractivity contribution in [1.82, 2.24) is 10.6 Å². The Balaban J connectivity index is 1.76. The van der Waals surface area contributed by atoms with Gasteiger partial charge in [-0.3, -0.25) is 4.79 Å². The van der Waals surface area contributed by atoms with E-state index < -0.39 is 6.61 Å². The zero-order chi connectivity index (χ0) is 16.7. The van der Waals surface area contributed by atoms with Crippen LogP contribution in [0.25, 0.3) is 0 Å². The minimum atomic E-state index is -2.83. The molecule has 2 N–H and O–H groups in total. The second-order valence-electron chi connectivity index (χ2n) is 5.97. The number of carbonyl (C=O) groups is 1. The summed E-state index contributed by atoms with van der Waals surface area (Å²) >= 11 is 0. The predicted octanol–water partition coefficient (Wildman–Crippen LogP) is 3.25.